The second-order valence-corrected chi connectivity index (χ2v) is 4.54. The van der Waals surface area contributed by atoms with E-state index >= 15 is 0 Å². The highest BCUT2D eigenvalue weighted by molar-refractivity contribution is 5.56. The van der Waals surface area contributed by atoms with E-state index in [4.69, 9.17) is 4.74 Å². The zero-order valence-electron chi connectivity index (χ0n) is 11.1. The zero-order chi connectivity index (χ0) is 13.8. The first-order chi connectivity index (χ1) is 9.81. The Bertz CT molecular complexity index is 695. The van der Waals surface area contributed by atoms with E-state index in [-0.39, 0.29) is 0 Å². The van der Waals surface area contributed by atoms with Gasteiger partial charge in [0.2, 0.25) is 5.82 Å². The SMILES string of the molecule is Cc1cccc(COc2cccc(-c3nn[nH]n3)c2)c1. The highest BCUT2D eigenvalue weighted by Gasteiger charge is 2.04. The molecule has 0 aliphatic carbocycles. The summed E-state index contributed by atoms with van der Waals surface area (Å²) < 4.78 is 5.80. The van der Waals surface area contributed by atoms with Crippen molar-refractivity contribution in [3.05, 3.63) is 59.7 Å². The van der Waals surface area contributed by atoms with Crippen LogP contribution in [-0.4, -0.2) is 20.6 Å². The van der Waals surface area contributed by atoms with Crippen LogP contribution in [0, 0.1) is 6.92 Å². The molecule has 0 amide bonds. The summed E-state index contributed by atoms with van der Waals surface area (Å²) in [4.78, 5) is 0. The summed E-state index contributed by atoms with van der Waals surface area (Å²) in [5, 5.41) is 13.9. The second-order valence-electron chi connectivity index (χ2n) is 4.54. The van der Waals surface area contributed by atoms with Crippen LogP contribution < -0.4 is 4.74 Å². The fourth-order valence-corrected chi connectivity index (χ4v) is 1.98. The summed E-state index contributed by atoms with van der Waals surface area (Å²) in [7, 11) is 0. The molecule has 5 nitrogen and oxygen atoms in total. The molecule has 1 aromatic heterocycles. The van der Waals surface area contributed by atoms with Crippen LogP contribution in [0.4, 0.5) is 0 Å². The Morgan fingerprint density at radius 2 is 2.00 bits per heavy atom. The lowest BCUT2D eigenvalue weighted by Crippen LogP contribution is -1.96. The Morgan fingerprint density at radius 3 is 2.80 bits per heavy atom. The van der Waals surface area contributed by atoms with Gasteiger partial charge in [0.25, 0.3) is 0 Å². The number of benzene rings is 2. The van der Waals surface area contributed by atoms with Crippen LogP contribution in [0.15, 0.2) is 48.5 Å². The summed E-state index contributed by atoms with van der Waals surface area (Å²) in [6, 6.07) is 15.9. The van der Waals surface area contributed by atoms with Crippen molar-refractivity contribution in [3.8, 4) is 17.1 Å². The smallest absolute Gasteiger partial charge is 0.204 e. The van der Waals surface area contributed by atoms with Crippen molar-refractivity contribution in [2.24, 2.45) is 0 Å². The number of tetrazole rings is 1. The number of H-pyrrole nitrogens is 1. The molecule has 100 valence electrons. The summed E-state index contributed by atoms with van der Waals surface area (Å²) in [6.45, 7) is 2.61. The molecule has 1 heterocycles. The van der Waals surface area contributed by atoms with E-state index in [9.17, 15) is 0 Å². The van der Waals surface area contributed by atoms with Gasteiger partial charge in [0.1, 0.15) is 12.4 Å². The van der Waals surface area contributed by atoms with Crippen molar-refractivity contribution < 1.29 is 4.74 Å². The molecule has 3 aromatic rings. The quantitative estimate of drug-likeness (QED) is 0.788. The van der Waals surface area contributed by atoms with Gasteiger partial charge >= 0.3 is 0 Å². The van der Waals surface area contributed by atoms with Gasteiger partial charge < -0.3 is 4.74 Å². The second kappa shape index (κ2) is 5.52. The molecular weight excluding hydrogens is 252 g/mol. The van der Waals surface area contributed by atoms with Crippen LogP contribution in [0.1, 0.15) is 11.1 Å². The topological polar surface area (TPSA) is 63.7 Å². The molecule has 20 heavy (non-hydrogen) atoms. The number of aromatic nitrogens is 4. The van der Waals surface area contributed by atoms with Gasteiger partial charge in [0.15, 0.2) is 0 Å². The van der Waals surface area contributed by atoms with Crippen molar-refractivity contribution in [2.75, 3.05) is 0 Å². The highest BCUT2D eigenvalue weighted by atomic mass is 16.5. The highest BCUT2D eigenvalue weighted by Crippen LogP contribution is 2.21. The minimum Gasteiger partial charge on any atom is -0.489 e. The van der Waals surface area contributed by atoms with Crippen molar-refractivity contribution in [1.29, 1.82) is 0 Å². The molecule has 3 rings (SSSR count). The Balaban J connectivity index is 1.73. The molecule has 0 unspecified atom stereocenters. The number of ether oxygens (including phenoxy) is 1. The number of hydrogen-bond donors (Lipinski definition) is 1. The van der Waals surface area contributed by atoms with E-state index in [1.54, 1.807) is 0 Å². The zero-order valence-corrected chi connectivity index (χ0v) is 11.1. The van der Waals surface area contributed by atoms with Gasteiger partial charge in [-0.15, -0.1) is 10.2 Å². The lowest BCUT2D eigenvalue weighted by molar-refractivity contribution is 0.306. The fourth-order valence-electron chi connectivity index (χ4n) is 1.98. The van der Waals surface area contributed by atoms with E-state index in [0.29, 0.717) is 12.4 Å². The summed E-state index contributed by atoms with van der Waals surface area (Å²) in [5.74, 6) is 1.35. The van der Waals surface area contributed by atoms with Crippen molar-refractivity contribution >= 4 is 0 Å². The standard InChI is InChI=1S/C15H14N4O/c1-11-4-2-5-12(8-11)10-20-14-7-3-6-13(9-14)15-16-18-19-17-15/h2-9H,10H2,1H3,(H,16,17,18,19). The first kappa shape index (κ1) is 12.3. The Morgan fingerprint density at radius 1 is 1.10 bits per heavy atom. The molecule has 5 heteroatoms. The van der Waals surface area contributed by atoms with Crippen LogP contribution in [0.25, 0.3) is 11.4 Å². The average Bonchev–Trinajstić information content (AvgIpc) is 3.00. The molecule has 0 bridgehead atoms. The molecular formula is C15H14N4O. The Labute approximate surface area is 116 Å². The monoisotopic (exact) mass is 266 g/mol. The largest absolute Gasteiger partial charge is 0.489 e. The summed E-state index contributed by atoms with van der Waals surface area (Å²) in [6.07, 6.45) is 0. The molecule has 2 aromatic carbocycles. The number of hydrogen-bond acceptors (Lipinski definition) is 4. The first-order valence-corrected chi connectivity index (χ1v) is 6.33. The van der Waals surface area contributed by atoms with Crippen LogP contribution >= 0.6 is 0 Å². The van der Waals surface area contributed by atoms with Crippen LogP contribution in [0.3, 0.4) is 0 Å². The number of nitrogens with zero attached hydrogens (tertiary/aromatic N) is 3. The number of nitrogens with one attached hydrogen (secondary N) is 1. The van der Waals surface area contributed by atoms with E-state index in [2.05, 4.69) is 45.7 Å². The fraction of sp³-hybridized carbons (Fsp3) is 0.133. The maximum absolute atomic E-state index is 5.80. The van der Waals surface area contributed by atoms with E-state index in [0.717, 1.165) is 16.9 Å². The van der Waals surface area contributed by atoms with Gasteiger partial charge in [-0.05, 0) is 29.8 Å². The maximum atomic E-state index is 5.80. The predicted octanol–water partition coefficient (Wildman–Crippen LogP) is 2.75. The van der Waals surface area contributed by atoms with Gasteiger partial charge in [0.05, 0.1) is 0 Å². The van der Waals surface area contributed by atoms with Crippen molar-refractivity contribution in [2.45, 2.75) is 13.5 Å². The normalized spacial score (nSPS) is 10.4. The van der Waals surface area contributed by atoms with Gasteiger partial charge in [-0.3, -0.25) is 0 Å². The van der Waals surface area contributed by atoms with Crippen molar-refractivity contribution in [3.63, 3.8) is 0 Å². The Kier molecular flexibility index (Phi) is 3.41. The van der Waals surface area contributed by atoms with Crippen LogP contribution in [0.5, 0.6) is 5.75 Å². The Hall–Kier alpha value is -2.69. The lowest BCUT2D eigenvalue weighted by Gasteiger charge is -2.07. The molecule has 0 spiro atoms. The number of aryl methyl sites for hydroxylation is 1. The van der Waals surface area contributed by atoms with Gasteiger partial charge in [-0.25, -0.2) is 0 Å². The van der Waals surface area contributed by atoms with Crippen molar-refractivity contribution in [1.82, 2.24) is 20.6 Å². The maximum Gasteiger partial charge on any atom is 0.204 e. The minimum atomic E-state index is 0.539. The summed E-state index contributed by atoms with van der Waals surface area (Å²) >= 11 is 0. The van der Waals surface area contributed by atoms with E-state index < -0.39 is 0 Å². The van der Waals surface area contributed by atoms with Crippen LogP contribution in [-0.2, 0) is 6.61 Å². The van der Waals surface area contributed by atoms with Gasteiger partial charge in [0, 0.05) is 5.56 Å². The number of aromatic amines is 1. The molecule has 0 aliphatic heterocycles. The third-order valence-electron chi connectivity index (χ3n) is 2.93. The number of rotatable bonds is 4. The molecule has 0 aliphatic rings. The third kappa shape index (κ3) is 2.83. The first-order valence-electron chi connectivity index (χ1n) is 6.33. The third-order valence-corrected chi connectivity index (χ3v) is 2.93. The lowest BCUT2D eigenvalue weighted by atomic mass is 10.1. The predicted molar refractivity (Wildman–Crippen MR) is 75.1 cm³/mol. The summed E-state index contributed by atoms with van der Waals surface area (Å²) in [5.41, 5.74) is 3.25. The van der Waals surface area contributed by atoms with Gasteiger partial charge in [-0.1, -0.05) is 42.0 Å². The molecule has 0 saturated carbocycles. The van der Waals surface area contributed by atoms with Crippen LogP contribution in [0.2, 0.25) is 0 Å². The van der Waals surface area contributed by atoms with E-state index in [1.807, 2.05) is 30.3 Å². The molecule has 1 N–H and O–H groups in total. The van der Waals surface area contributed by atoms with E-state index in [1.165, 1.54) is 5.56 Å². The minimum absolute atomic E-state index is 0.539. The van der Waals surface area contributed by atoms with Gasteiger partial charge in [-0.2, -0.15) is 5.21 Å². The molecule has 0 saturated heterocycles. The molecule has 0 fully saturated rings. The molecule has 0 radical (unpaired) electrons. The molecule has 0 atom stereocenters. The average molecular weight is 266 g/mol.